The van der Waals surface area contributed by atoms with Crippen molar-refractivity contribution in [2.45, 2.75) is 32.4 Å². The van der Waals surface area contributed by atoms with Gasteiger partial charge < -0.3 is 5.32 Å². The molecule has 0 aliphatic rings. The number of nitrogens with zero attached hydrogens (tertiary/aromatic N) is 1. The fraction of sp³-hybridized carbons (Fsp3) is 0.625. The van der Waals surface area contributed by atoms with E-state index >= 15 is 0 Å². The minimum absolute atomic E-state index is 0.262. The fourth-order valence-electron chi connectivity index (χ4n) is 0.713. The predicted octanol–water partition coefficient (Wildman–Crippen LogP) is 1.45. The monoisotopic (exact) mass is 138 g/mol. The molecule has 10 heavy (non-hydrogen) atoms. The van der Waals surface area contributed by atoms with Crippen LogP contribution in [0.1, 0.15) is 20.3 Å². The van der Waals surface area contributed by atoms with E-state index in [0.29, 0.717) is 12.5 Å². The summed E-state index contributed by atoms with van der Waals surface area (Å²) in [5.41, 5.74) is 0. The molecule has 0 aliphatic heterocycles. The summed E-state index contributed by atoms with van der Waals surface area (Å²) in [6.07, 6.45) is 2.38. The molecular weight excluding hydrogens is 124 g/mol. The van der Waals surface area contributed by atoms with Crippen molar-refractivity contribution in [1.82, 2.24) is 5.32 Å². The first-order chi connectivity index (χ1) is 4.70. The van der Waals surface area contributed by atoms with E-state index in [2.05, 4.69) is 18.0 Å². The van der Waals surface area contributed by atoms with Gasteiger partial charge in [-0.25, -0.2) is 0 Å². The Balaban J connectivity index is 3.48. The minimum Gasteiger partial charge on any atom is -0.307 e. The fourth-order valence-corrected chi connectivity index (χ4v) is 0.713. The van der Waals surface area contributed by atoms with Crippen molar-refractivity contribution < 1.29 is 0 Å². The van der Waals surface area contributed by atoms with Crippen LogP contribution in [0.25, 0.3) is 0 Å². The van der Waals surface area contributed by atoms with E-state index in [1.807, 2.05) is 19.9 Å². The molecule has 2 unspecified atom stereocenters. The normalized spacial score (nSPS) is 15.3. The van der Waals surface area contributed by atoms with Gasteiger partial charge >= 0.3 is 0 Å². The Morgan fingerprint density at radius 1 is 1.70 bits per heavy atom. The molecule has 0 aromatic rings. The summed E-state index contributed by atoms with van der Waals surface area (Å²) in [5, 5.41) is 11.5. The first kappa shape index (κ1) is 9.19. The summed E-state index contributed by atoms with van der Waals surface area (Å²) in [6, 6.07) is 2.66. The molecule has 0 radical (unpaired) electrons. The van der Waals surface area contributed by atoms with Crippen molar-refractivity contribution in [2.24, 2.45) is 0 Å². The zero-order chi connectivity index (χ0) is 7.98. The third-order valence-corrected chi connectivity index (χ3v) is 1.30. The molecule has 2 nitrogen and oxygen atoms in total. The van der Waals surface area contributed by atoms with Crippen molar-refractivity contribution >= 4 is 0 Å². The molecule has 2 atom stereocenters. The molecule has 0 heterocycles. The van der Waals surface area contributed by atoms with E-state index < -0.39 is 0 Å². The van der Waals surface area contributed by atoms with Crippen LogP contribution in [0.5, 0.6) is 0 Å². The molecule has 0 rings (SSSR count). The van der Waals surface area contributed by atoms with Crippen LogP contribution in [0.4, 0.5) is 0 Å². The van der Waals surface area contributed by atoms with Crippen molar-refractivity contribution in [3.05, 3.63) is 12.7 Å². The lowest BCUT2D eigenvalue weighted by Crippen LogP contribution is -2.32. The molecule has 2 heteroatoms. The lowest BCUT2D eigenvalue weighted by Gasteiger charge is -2.13. The Hall–Kier alpha value is -0.810. The van der Waals surface area contributed by atoms with Crippen LogP contribution in [0.3, 0.4) is 0 Å². The van der Waals surface area contributed by atoms with Gasteiger partial charge in [-0.15, -0.1) is 6.58 Å². The first-order valence-corrected chi connectivity index (χ1v) is 3.46. The average Bonchev–Trinajstić information content (AvgIpc) is 1.88. The summed E-state index contributed by atoms with van der Waals surface area (Å²) in [6.45, 7) is 7.63. The Kier molecular flexibility index (Phi) is 4.61. The third-order valence-electron chi connectivity index (χ3n) is 1.30. The highest BCUT2D eigenvalue weighted by molar-refractivity contribution is 4.86. The molecule has 0 aromatic carbocycles. The quantitative estimate of drug-likeness (QED) is 0.597. The van der Waals surface area contributed by atoms with Gasteiger partial charge in [0.15, 0.2) is 0 Å². The summed E-state index contributed by atoms with van der Waals surface area (Å²) in [5.74, 6) is 0. The molecule has 0 aliphatic carbocycles. The minimum atomic E-state index is 0.262. The third kappa shape index (κ3) is 4.11. The zero-order valence-corrected chi connectivity index (χ0v) is 6.59. The maximum Gasteiger partial charge on any atom is 0.0638 e. The van der Waals surface area contributed by atoms with Gasteiger partial charge in [0.05, 0.1) is 12.5 Å². The molecule has 0 saturated heterocycles. The van der Waals surface area contributed by atoms with Crippen LogP contribution < -0.4 is 5.32 Å². The second-order valence-electron chi connectivity index (χ2n) is 2.45. The Labute approximate surface area is 62.5 Å². The Morgan fingerprint density at radius 3 is 2.70 bits per heavy atom. The molecule has 0 bridgehead atoms. The summed E-state index contributed by atoms with van der Waals surface area (Å²) < 4.78 is 0. The van der Waals surface area contributed by atoms with Crippen molar-refractivity contribution in [3.63, 3.8) is 0 Å². The second-order valence-corrected chi connectivity index (χ2v) is 2.45. The van der Waals surface area contributed by atoms with E-state index in [1.165, 1.54) is 0 Å². The lowest BCUT2D eigenvalue weighted by atomic mass is 10.2. The first-order valence-electron chi connectivity index (χ1n) is 3.46. The zero-order valence-electron chi connectivity index (χ0n) is 6.59. The van der Waals surface area contributed by atoms with Crippen molar-refractivity contribution in [1.29, 1.82) is 5.26 Å². The molecule has 0 aromatic heterocycles. The highest BCUT2D eigenvalue weighted by Crippen LogP contribution is 1.91. The molecule has 0 spiro atoms. The van der Waals surface area contributed by atoms with Crippen LogP contribution >= 0.6 is 0 Å². The number of nitrogens with one attached hydrogen (secondary N) is 1. The predicted molar refractivity (Wildman–Crippen MR) is 42.5 cm³/mol. The van der Waals surface area contributed by atoms with Gasteiger partial charge in [0.25, 0.3) is 0 Å². The van der Waals surface area contributed by atoms with Gasteiger partial charge in [-0.05, 0) is 13.8 Å². The molecule has 0 fully saturated rings. The van der Waals surface area contributed by atoms with Crippen LogP contribution in [-0.2, 0) is 0 Å². The molecule has 0 amide bonds. The summed E-state index contributed by atoms with van der Waals surface area (Å²) >= 11 is 0. The van der Waals surface area contributed by atoms with Gasteiger partial charge in [0, 0.05) is 12.1 Å². The highest BCUT2D eigenvalue weighted by atomic mass is 14.9. The second kappa shape index (κ2) is 5.01. The lowest BCUT2D eigenvalue weighted by molar-refractivity contribution is 0.524. The molecular formula is C8H14N2. The largest absolute Gasteiger partial charge is 0.307 e. The van der Waals surface area contributed by atoms with Gasteiger partial charge in [-0.3, -0.25) is 0 Å². The van der Waals surface area contributed by atoms with Gasteiger partial charge in [0.1, 0.15) is 0 Å². The SMILES string of the molecule is C=CC(C)NC(C)CC#N. The number of nitriles is 1. The molecule has 1 N–H and O–H groups in total. The van der Waals surface area contributed by atoms with E-state index in [4.69, 9.17) is 5.26 Å². The molecule has 0 saturated carbocycles. The maximum atomic E-state index is 8.31. The van der Waals surface area contributed by atoms with Gasteiger partial charge in [-0.1, -0.05) is 6.08 Å². The molecule has 56 valence electrons. The summed E-state index contributed by atoms with van der Waals surface area (Å²) in [7, 11) is 0. The van der Waals surface area contributed by atoms with Crippen LogP contribution in [-0.4, -0.2) is 12.1 Å². The topological polar surface area (TPSA) is 35.8 Å². The average molecular weight is 138 g/mol. The van der Waals surface area contributed by atoms with E-state index in [-0.39, 0.29) is 6.04 Å². The standard InChI is InChI=1S/C8H14N2/c1-4-7(2)10-8(3)5-6-9/h4,7-8,10H,1,5H2,2-3H3. The van der Waals surface area contributed by atoms with E-state index in [1.54, 1.807) is 0 Å². The Bertz CT molecular complexity index is 135. The number of hydrogen-bond acceptors (Lipinski definition) is 2. The van der Waals surface area contributed by atoms with Gasteiger partial charge in [-0.2, -0.15) is 5.26 Å². The van der Waals surface area contributed by atoms with Crippen molar-refractivity contribution in [3.8, 4) is 6.07 Å². The van der Waals surface area contributed by atoms with Gasteiger partial charge in [0.2, 0.25) is 0 Å². The number of rotatable bonds is 4. The highest BCUT2D eigenvalue weighted by Gasteiger charge is 2.01. The maximum absolute atomic E-state index is 8.31. The smallest absolute Gasteiger partial charge is 0.0638 e. The number of hydrogen-bond donors (Lipinski definition) is 1. The van der Waals surface area contributed by atoms with E-state index in [0.717, 1.165) is 0 Å². The van der Waals surface area contributed by atoms with E-state index in [9.17, 15) is 0 Å². The van der Waals surface area contributed by atoms with Crippen LogP contribution in [0.15, 0.2) is 12.7 Å². The summed E-state index contributed by atoms with van der Waals surface area (Å²) in [4.78, 5) is 0. The Morgan fingerprint density at radius 2 is 2.30 bits per heavy atom. The van der Waals surface area contributed by atoms with Crippen molar-refractivity contribution in [2.75, 3.05) is 0 Å². The van der Waals surface area contributed by atoms with Crippen LogP contribution in [0, 0.1) is 11.3 Å². The van der Waals surface area contributed by atoms with Crippen LogP contribution in [0.2, 0.25) is 0 Å².